The molecule has 1 aromatic rings. The number of rotatable bonds is 4. The largest absolute Gasteiger partial charge is 0.438 e. The molecule has 2 rings (SSSR count). The van der Waals surface area contributed by atoms with Crippen LogP contribution in [0.4, 0.5) is 13.2 Å². The molecule has 1 aliphatic rings. The van der Waals surface area contributed by atoms with Crippen molar-refractivity contribution in [3.63, 3.8) is 0 Å². The molecule has 1 amide bonds. The highest BCUT2D eigenvalue weighted by atomic mass is 79.9. The van der Waals surface area contributed by atoms with Crippen molar-refractivity contribution < 1.29 is 23.1 Å². The first-order valence-corrected chi connectivity index (χ1v) is 7.94. The van der Waals surface area contributed by atoms with Gasteiger partial charge in [-0.15, -0.1) is 0 Å². The number of unbranched alkanes of at least 4 members (excludes halogenated alkanes) is 1. The molecule has 126 valence electrons. The van der Waals surface area contributed by atoms with Crippen molar-refractivity contribution in [2.75, 3.05) is 0 Å². The number of hydrogen-bond donors (Lipinski definition) is 1. The van der Waals surface area contributed by atoms with Crippen LogP contribution in [-0.4, -0.2) is 33.6 Å². The van der Waals surface area contributed by atoms with Crippen LogP contribution in [0.5, 0.6) is 0 Å². The summed E-state index contributed by atoms with van der Waals surface area (Å²) in [5.74, 6) is -0.996. The van der Waals surface area contributed by atoms with Gasteiger partial charge in [-0.1, -0.05) is 25.5 Å². The number of halogens is 4. The lowest BCUT2D eigenvalue weighted by atomic mass is 10.0. The second kappa shape index (κ2) is 6.60. The highest BCUT2D eigenvalue weighted by molar-refractivity contribution is 9.10. The van der Waals surface area contributed by atoms with Gasteiger partial charge < -0.3 is 5.11 Å². The van der Waals surface area contributed by atoms with Crippen LogP contribution in [0.25, 0.3) is 0 Å². The summed E-state index contributed by atoms with van der Waals surface area (Å²) in [6.07, 6.45) is -3.98. The molecular formula is C15H16BrF3N2O2. The molecule has 0 bridgehead atoms. The lowest BCUT2D eigenvalue weighted by Crippen LogP contribution is -2.56. The summed E-state index contributed by atoms with van der Waals surface area (Å²) in [5.41, 5.74) is -3.12. The topological polar surface area (TPSA) is 52.9 Å². The zero-order valence-corrected chi connectivity index (χ0v) is 14.0. The van der Waals surface area contributed by atoms with Crippen LogP contribution in [-0.2, 0) is 0 Å². The van der Waals surface area contributed by atoms with Crippen LogP contribution in [0, 0.1) is 0 Å². The molecule has 4 nitrogen and oxygen atoms in total. The maximum atomic E-state index is 13.3. The Morgan fingerprint density at radius 3 is 2.65 bits per heavy atom. The summed E-state index contributed by atoms with van der Waals surface area (Å²) in [5, 5.41) is 14.1. The zero-order valence-electron chi connectivity index (χ0n) is 12.4. The number of amides is 1. The third-order valence-corrected chi connectivity index (χ3v) is 4.30. The number of hydrazone groups is 1. The molecule has 1 aliphatic heterocycles. The Morgan fingerprint density at radius 1 is 1.43 bits per heavy atom. The summed E-state index contributed by atoms with van der Waals surface area (Å²) in [4.78, 5) is 12.5. The number of carbonyl (C=O) groups is 1. The molecule has 0 fully saturated rings. The quantitative estimate of drug-likeness (QED) is 0.838. The zero-order chi connectivity index (χ0) is 17.3. The molecule has 1 N–H and O–H groups in total. The molecule has 0 spiro atoms. The van der Waals surface area contributed by atoms with Crippen molar-refractivity contribution in [3.05, 3.63) is 34.3 Å². The van der Waals surface area contributed by atoms with Gasteiger partial charge in [-0.25, -0.2) is 0 Å². The molecule has 1 aromatic carbocycles. The van der Waals surface area contributed by atoms with Crippen LogP contribution < -0.4 is 0 Å². The predicted molar refractivity (Wildman–Crippen MR) is 82.9 cm³/mol. The number of nitrogens with zero attached hydrogens (tertiary/aromatic N) is 2. The molecule has 0 saturated heterocycles. The molecule has 1 atom stereocenters. The number of alkyl halides is 3. The summed E-state index contributed by atoms with van der Waals surface area (Å²) < 4.78 is 40.4. The van der Waals surface area contributed by atoms with Gasteiger partial charge in [0, 0.05) is 16.6 Å². The monoisotopic (exact) mass is 392 g/mol. The van der Waals surface area contributed by atoms with E-state index in [9.17, 15) is 23.1 Å². The lowest BCUT2D eigenvalue weighted by molar-refractivity contribution is -0.297. The van der Waals surface area contributed by atoms with Crippen LogP contribution in [0.3, 0.4) is 0 Å². The molecule has 8 heteroatoms. The SMILES string of the molecule is CCCCC1=NN(C(=O)c2ccccc2Br)[C@@](O)(C(F)(F)F)C1. The minimum atomic E-state index is -5.00. The molecule has 0 aromatic heterocycles. The highest BCUT2D eigenvalue weighted by Crippen LogP contribution is 2.42. The molecule has 0 aliphatic carbocycles. The van der Waals surface area contributed by atoms with Crippen LogP contribution >= 0.6 is 15.9 Å². The number of benzene rings is 1. The minimum absolute atomic E-state index is 0.00988. The molecule has 0 unspecified atom stereocenters. The Labute approximate surface area is 140 Å². The number of carbonyl (C=O) groups excluding carboxylic acids is 1. The lowest BCUT2D eigenvalue weighted by Gasteiger charge is -2.32. The van der Waals surface area contributed by atoms with Crippen molar-refractivity contribution >= 4 is 27.5 Å². The van der Waals surface area contributed by atoms with E-state index in [0.29, 0.717) is 17.3 Å². The average molecular weight is 393 g/mol. The predicted octanol–water partition coefficient (Wildman–Crippen LogP) is 4.09. The molecule has 0 radical (unpaired) electrons. The second-order valence-electron chi connectivity index (χ2n) is 5.36. The Morgan fingerprint density at radius 2 is 2.09 bits per heavy atom. The van der Waals surface area contributed by atoms with E-state index in [1.54, 1.807) is 6.07 Å². The summed E-state index contributed by atoms with van der Waals surface area (Å²) in [7, 11) is 0. The second-order valence-corrected chi connectivity index (χ2v) is 6.21. The Bertz CT molecular complexity index is 633. The van der Waals surface area contributed by atoms with Gasteiger partial charge in [-0.05, 0) is 40.9 Å². The molecule has 23 heavy (non-hydrogen) atoms. The van der Waals surface area contributed by atoms with E-state index in [-0.39, 0.29) is 16.3 Å². The Balaban J connectivity index is 2.40. The average Bonchev–Trinajstić information content (AvgIpc) is 2.83. The van der Waals surface area contributed by atoms with Crippen molar-refractivity contribution in [2.24, 2.45) is 5.10 Å². The van der Waals surface area contributed by atoms with E-state index in [0.717, 1.165) is 6.42 Å². The third kappa shape index (κ3) is 3.42. The normalized spacial score (nSPS) is 21.5. The Hall–Kier alpha value is -1.41. The van der Waals surface area contributed by atoms with Crippen LogP contribution in [0.2, 0.25) is 0 Å². The van der Waals surface area contributed by atoms with Crippen molar-refractivity contribution in [1.29, 1.82) is 0 Å². The number of aliphatic hydroxyl groups is 1. The van der Waals surface area contributed by atoms with E-state index in [1.807, 2.05) is 6.92 Å². The summed E-state index contributed by atoms with van der Waals surface area (Å²) in [6.45, 7) is 1.90. The number of hydrogen-bond acceptors (Lipinski definition) is 3. The van der Waals surface area contributed by atoms with E-state index < -0.39 is 24.2 Å². The van der Waals surface area contributed by atoms with E-state index in [4.69, 9.17) is 0 Å². The Kier molecular flexibility index (Phi) is 5.15. The molecular weight excluding hydrogens is 377 g/mol. The van der Waals surface area contributed by atoms with Gasteiger partial charge in [0.1, 0.15) is 0 Å². The fraction of sp³-hybridized carbons (Fsp3) is 0.467. The van der Waals surface area contributed by atoms with E-state index in [1.165, 1.54) is 18.2 Å². The fourth-order valence-electron chi connectivity index (χ4n) is 2.32. The van der Waals surface area contributed by atoms with Gasteiger partial charge in [-0.3, -0.25) is 4.79 Å². The van der Waals surface area contributed by atoms with Gasteiger partial charge in [0.05, 0.1) is 5.56 Å². The fourth-order valence-corrected chi connectivity index (χ4v) is 2.77. The molecule has 1 heterocycles. The van der Waals surface area contributed by atoms with Gasteiger partial charge in [0.25, 0.3) is 11.6 Å². The van der Waals surface area contributed by atoms with Gasteiger partial charge >= 0.3 is 6.18 Å². The first-order valence-electron chi connectivity index (χ1n) is 7.15. The maximum Gasteiger partial charge on any atom is 0.438 e. The van der Waals surface area contributed by atoms with Crippen molar-refractivity contribution in [3.8, 4) is 0 Å². The minimum Gasteiger partial charge on any atom is -0.362 e. The summed E-state index contributed by atoms with van der Waals surface area (Å²) >= 11 is 3.13. The maximum absolute atomic E-state index is 13.3. The van der Waals surface area contributed by atoms with Crippen molar-refractivity contribution in [2.45, 2.75) is 44.5 Å². The first kappa shape index (κ1) is 17.9. The van der Waals surface area contributed by atoms with E-state index in [2.05, 4.69) is 21.0 Å². The van der Waals surface area contributed by atoms with Crippen LogP contribution in [0.1, 0.15) is 43.0 Å². The van der Waals surface area contributed by atoms with E-state index >= 15 is 0 Å². The smallest absolute Gasteiger partial charge is 0.362 e. The van der Waals surface area contributed by atoms with Gasteiger partial charge in [0.15, 0.2) is 0 Å². The van der Waals surface area contributed by atoms with Gasteiger partial charge in [-0.2, -0.15) is 23.3 Å². The first-order chi connectivity index (χ1) is 10.7. The summed E-state index contributed by atoms with van der Waals surface area (Å²) in [6, 6.07) is 6.08. The molecule has 0 saturated carbocycles. The standard InChI is InChI=1S/C15H16BrF3N2O2/c1-2-3-6-10-9-14(23,15(17,18)19)21(20-10)13(22)11-7-4-5-8-12(11)16/h4-5,7-8,23H,2-3,6,9H2,1H3/t14-/m0/s1. The van der Waals surface area contributed by atoms with Crippen molar-refractivity contribution in [1.82, 2.24) is 5.01 Å². The third-order valence-electron chi connectivity index (χ3n) is 3.61. The van der Waals surface area contributed by atoms with Gasteiger partial charge in [0.2, 0.25) is 0 Å². The van der Waals surface area contributed by atoms with Crippen LogP contribution in [0.15, 0.2) is 33.8 Å². The highest BCUT2D eigenvalue weighted by Gasteiger charge is 2.63.